The topological polar surface area (TPSA) is 215 Å². The smallest absolute Gasteiger partial charge is 0.322 e. The van der Waals surface area contributed by atoms with Crippen molar-refractivity contribution in [3.63, 3.8) is 0 Å². The van der Waals surface area contributed by atoms with Gasteiger partial charge in [-0.05, 0) is 40.5 Å². The molecule has 0 aliphatic carbocycles. The van der Waals surface area contributed by atoms with Crippen molar-refractivity contribution in [1.29, 1.82) is 0 Å². The van der Waals surface area contributed by atoms with Crippen LogP contribution in [0.15, 0.2) is 0 Å². The summed E-state index contributed by atoms with van der Waals surface area (Å²) in [7, 11) is -3.13. The summed E-state index contributed by atoms with van der Waals surface area (Å²) in [6, 6.07) is -1.47. The molecule has 0 aromatic carbocycles. The van der Waals surface area contributed by atoms with Gasteiger partial charge >= 0.3 is 32.1 Å². The van der Waals surface area contributed by atoms with Crippen LogP contribution in [0.1, 0.15) is 53.4 Å². The van der Waals surface area contributed by atoms with Crippen molar-refractivity contribution < 1.29 is 52.5 Å². The summed E-state index contributed by atoms with van der Waals surface area (Å²) < 4.78 is 27.5. The Bertz CT molecular complexity index is 515. The molecule has 0 saturated heterocycles. The first-order chi connectivity index (χ1) is 15.0. The van der Waals surface area contributed by atoms with E-state index >= 15 is 0 Å². The first-order valence-corrected chi connectivity index (χ1v) is 11.3. The molecule has 13 nitrogen and oxygen atoms in total. The fraction of sp³-hybridized carbons (Fsp3) is 0.778. The number of rotatable bonds is 12. The van der Waals surface area contributed by atoms with Crippen molar-refractivity contribution in [3.05, 3.63) is 0 Å². The van der Waals surface area contributed by atoms with Crippen LogP contribution in [0.5, 0.6) is 0 Å². The Kier molecular flexibility index (Phi) is 25.5. The van der Waals surface area contributed by atoms with E-state index in [1.807, 2.05) is 0 Å². The molecule has 0 spiro atoms. The molecule has 0 unspecified atom stereocenters. The van der Waals surface area contributed by atoms with Gasteiger partial charge in [0.25, 0.3) is 0 Å². The molecule has 0 bridgehead atoms. The van der Waals surface area contributed by atoms with Crippen molar-refractivity contribution in [2.45, 2.75) is 65.5 Å². The Balaban J connectivity index is -0.000000450. The van der Waals surface area contributed by atoms with E-state index in [2.05, 4.69) is 18.9 Å². The first kappa shape index (κ1) is 34.6. The van der Waals surface area contributed by atoms with Gasteiger partial charge in [0.1, 0.15) is 12.1 Å². The lowest BCUT2D eigenvalue weighted by Crippen LogP contribution is -2.32. The van der Waals surface area contributed by atoms with Crippen molar-refractivity contribution in [2.75, 3.05) is 26.4 Å². The van der Waals surface area contributed by atoms with Crippen LogP contribution in [0.25, 0.3) is 0 Å². The number of nitrogens with two attached hydrogens (primary N) is 2. The molecule has 0 heterocycles. The quantitative estimate of drug-likeness (QED) is 0.159. The minimum absolute atomic E-state index is 0.147. The van der Waals surface area contributed by atoms with E-state index in [4.69, 9.17) is 25.8 Å². The second kappa shape index (κ2) is 23.6. The maximum atomic E-state index is 11.0. The van der Waals surface area contributed by atoms with Gasteiger partial charge in [-0.1, -0.05) is 0 Å². The van der Waals surface area contributed by atoms with Crippen molar-refractivity contribution in [2.24, 2.45) is 11.5 Å². The zero-order valence-corrected chi connectivity index (χ0v) is 20.0. The zero-order valence-electron chi connectivity index (χ0n) is 19.0. The molecule has 32 heavy (non-hydrogen) atoms. The second-order valence-electron chi connectivity index (χ2n) is 5.69. The zero-order chi connectivity index (χ0) is 25.5. The van der Waals surface area contributed by atoms with E-state index in [1.165, 1.54) is 0 Å². The number of hydrogen-bond acceptors (Lipinski definition) is 11. The predicted molar refractivity (Wildman–Crippen MR) is 114 cm³/mol. The van der Waals surface area contributed by atoms with Crippen LogP contribution in [0.4, 0.5) is 0 Å². The summed E-state index contributed by atoms with van der Waals surface area (Å²) in [6.07, 6.45) is 0.816. The van der Waals surface area contributed by atoms with Gasteiger partial charge < -0.3 is 40.2 Å². The number of carbonyl (C=O) groups is 4. The molecule has 0 amide bonds. The van der Waals surface area contributed by atoms with Gasteiger partial charge in [-0.2, -0.15) is 0 Å². The van der Waals surface area contributed by atoms with Gasteiger partial charge in [0.2, 0.25) is 0 Å². The molecule has 6 N–H and O–H groups in total. The molecule has 0 radical (unpaired) electrons. The Hall–Kier alpha value is -2.05. The average molecular weight is 488 g/mol. The standard InChI is InChI=1S/2C9H17NO4.H3O3P/c2*1-3-13-8(11)6-5-7(10)9(12)14-4-2;1-4(2)3/h2*7H,3-6,10H2,1-2H3;4H,(H2,1,2,3)/t2*7-;/m00./s1. The Morgan fingerprint density at radius 2 is 0.938 bits per heavy atom. The van der Waals surface area contributed by atoms with E-state index in [0.29, 0.717) is 26.4 Å². The van der Waals surface area contributed by atoms with E-state index in [9.17, 15) is 19.2 Å². The minimum atomic E-state index is -3.13. The third-order valence-corrected chi connectivity index (χ3v) is 3.11. The molecule has 0 aromatic rings. The van der Waals surface area contributed by atoms with Gasteiger partial charge in [0.05, 0.1) is 26.4 Å². The number of hydrogen-bond donors (Lipinski definition) is 4. The maximum Gasteiger partial charge on any atom is 0.322 e. The highest BCUT2D eigenvalue weighted by Crippen LogP contribution is 2.00. The fourth-order valence-corrected chi connectivity index (χ4v) is 1.75. The SMILES string of the molecule is CCOC(=O)CC[C@H](N)C(=O)OCC.CCOC(=O)CC[C@H](N)C(=O)OCC.O=[PH](O)O. The summed E-state index contributed by atoms with van der Waals surface area (Å²) >= 11 is 0. The van der Waals surface area contributed by atoms with Gasteiger partial charge in [-0.25, -0.2) is 0 Å². The Labute approximate surface area is 188 Å². The fourth-order valence-electron chi connectivity index (χ4n) is 1.75. The highest BCUT2D eigenvalue weighted by atomic mass is 31.1. The van der Waals surface area contributed by atoms with Crippen LogP contribution in [0.3, 0.4) is 0 Å². The van der Waals surface area contributed by atoms with Gasteiger partial charge in [-0.15, -0.1) is 0 Å². The lowest BCUT2D eigenvalue weighted by Gasteiger charge is -2.09. The van der Waals surface area contributed by atoms with Crippen LogP contribution in [-0.2, 0) is 42.7 Å². The summed E-state index contributed by atoms with van der Waals surface area (Å²) in [6.45, 7) is 8.14. The lowest BCUT2D eigenvalue weighted by molar-refractivity contribution is -0.148. The van der Waals surface area contributed by atoms with Gasteiger partial charge in [-0.3, -0.25) is 23.7 Å². The van der Waals surface area contributed by atoms with Crippen LogP contribution in [0.2, 0.25) is 0 Å². The third kappa shape index (κ3) is 26.0. The molecule has 0 aliphatic heterocycles. The number of ether oxygens (including phenoxy) is 4. The molecule has 2 atom stereocenters. The van der Waals surface area contributed by atoms with Crippen LogP contribution in [0, 0.1) is 0 Å². The van der Waals surface area contributed by atoms with Crippen LogP contribution >= 0.6 is 8.25 Å². The summed E-state index contributed by atoms with van der Waals surface area (Å²) in [4.78, 5) is 58.1. The first-order valence-electron chi connectivity index (χ1n) is 10.0. The molecule has 0 rings (SSSR count). The molecular weight excluding hydrogens is 451 g/mol. The molecule has 14 heteroatoms. The van der Waals surface area contributed by atoms with E-state index in [0.717, 1.165) is 0 Å². The van der Waals surface area contributed by atoms with E-state index < -0.39 is 32.3 Å². The Morgan fingerprint density at radius 1 is 0.688 bits per heavy atom. The maximum absolute atomic E-state index is 11.0. The normalized spacial score (nSPS) is 11.5. The summed E-state index contributed by atoms with van der Waals surface area (Å²) in [5, 5.41) is 0. The average Bonchev–Trinajstić information content (AvgIpc) is 2.71. The third-order valence-electron chi connectivity index (χ3n) is 3.11. The van der Waals surface area contributed by atoms with Crippen molar-refractivity contribution in [1.82, 2.24) is 0 Å². The van der Waals surface area contributed by atoms with Gasteiger partial charge in [0.15, 0.2) is 0 Å². The Morgan fingerprint density at radius 3 is 1.16 bits per heavy atom. The van der Waals surface area contributed by atoms with Crippen LogP contribution in [-0.4, -0.2) is 72.2 Å². The van der Waals surface area contributed by atoms with Crippen molar-refractivity contribution in [3.8, 4) is 0 Å². The summed E-state index contributed by atoms with van der Waals surface area (Å²) in [5.74, 6) is -1.63. The molecule has 0 fully saturated rings. The molecule has 0 aliphatic rings. The van der Waals surface area contributed by atoms with Crippen molar-refractivity contribution >= 4 is 32.1 Å². The molecular formula is C18H37N2O11P. The van der Waals surface area contributed by atoms with Crippen LogP contribution < -0.4 is 11.5 Å². The molecule has 0 saturated carbocycles. The van der Waals surface area contributed by atoms with Gasteiger partial charge in [0, 0.05) is 12.8 Å². The number of carbonyl (C=O) groups excluding carboxylic acids is 4. The molecule has 190 valence electrons. The summed E-state index contributed by atoms with van der Waals surface area (Å²) in [5.41, 5.74) is 10.9. The largest absolute Gasteiger partial charge is 0.466 e. The number of esters is 4. The van der Waals surface area contributed by atoms with E-state index in [-0.39, 0.29) is 37.6 Å². The molecule has 0 aromatic heterocycles. The lowest BCUT2D eigenvalue weighted by atomic mass is 10.2. The monoisotopic (exact) mass is 488 g/mol. The van der Waals surface area contributed by atoms with E-state index in [1.54, 1.807) is 27.7 Å². The highest BCUT2D eigenvalue weighted by Gasteiger charge is 2.17. The minimum Gasteiger partial charge on any atom is -0.466 e. The predicted octanol–water partition coefficient (Wildman–Crippen LogP) is -0.199. The second-order valence-corrected chi connectivity index (χ2v) is 6.25. The highest BCUT2D eigenvalue weighted by molar-refractivity contribution is 7.30.